The predicted molar refractivity (Wildman–Crippen MR) is 92.9 cm³/mol. The van der Waals surface area contributed by atoms with E-state index in [1.54, 1.807) is 0 Å². The number of halogens is 2. The zero-order valence-electron chi connectivity index (χ0n) is 13.4. The molecule has 21 heavy (non-hydrogen) atoms. The van der Waals surface area contributed by atoms with Gasteiger partial charge in [0.15, 0.2) is 0 Å². The molecule has 2 atom stereocenters. The second-order valence-electron chi connectivity index (χ2n) is 5.51. The molecule has 0 aliphatic rings. The highest BCUT2D eigenvalue weighted by molar-refractivity contribution is 6.36. The Balaban J connectivity index is 3.11. The van der Waals surface area contributed by atoms with Crippen LogP contribution in [-0.4, -0.2) is 29.6 Å². The minimum atomic E-state index is -0.0548. The lowest BCUT2D eigenvalue weighted by molar-refractivity contribution is 0.0701. The lowest BCUT2D eigenvalue weighted by atomic mass is 9.83. The van der Waals surface area contributed by atoms with Crippen LogP contribution >= 0.6 is 23.2 Å². The summed E-state index contributed by atoms with van der Waals surface area (Å²) in [5, 5.41) is 1.39. The van der Waals surface area contributed by atoms with Gasteiger partial charge in [-0.15, -0.1) is 0 Å². The molecular formula is C16H27Cl2N3. The van der Waals surface area contributed by atoms with Crippen molar-refractivity contribution >= 4 is 23.2 Å². The fraction of sp³-hybridized carbons (Fsp3) is 0.625. The van der Waals surface area contributed by atoms with E-state index in [4.69, 9.17) is 29.0 Å². The van der Waals surface area contributed by atoms with Gasteiger partial charge in [0.25, 0.3) is 0 Å². The summed E-state index contributed by atoms with van der Waals surface area (Å²) in [5.41, 5.74) is 3.89. The predicted octanol–water partition coefficient (Wildman–Crippen LogP) is 3.88. The van der Waals surface area contributed by atoms with E-state index in [1.807, 2.05) is 18.2 Å². The van der Waals surface area contributed by atoms with Crippen LogP contribution in [0.5, 0.6) is 0 Å². The van der Waals surface area contributed by atoms with E-state index in [0.717, 1.165) is 25.1 Å². The summed E-state index contributed by atoms with van der Waals surface area (Å²) in [4.78, 5) is 2.43. The Hall–Kier alpha value is -0.320. The molecule has 3 N–H and O–H groups in total. The molecule has 0 heterocycles. The van der Waals surface area contributed by atoms with Gasteiger partial charge in [-0.05, 0) is 50.6 Å². The average molecular weight is 332 g/mol. The van der Waals surface area contributed by atoms with Gasteiger partial charge in [-0.3, -0.25) is 16.2 Å². The summed E-state index contributed by atoms with van der Waals surface area (Å²) in [7, 11) is 0. The standard InChI is InChI=1S/C16H27Cl2N3/c1-5-16(4,21(6-2)7-3)15(20-19)11-12-13(17)9-8-10-14(12)18/h8-10,15,20H,5-7,11,19H2,1-4H3. The van der Waals surface area contributed by atoms with Crippen molar-refractivity contribution in [3.8, 4) is 0 Å². The Morgan fingerprint density at radius 2 is 1.71 bits per heavy atom. The van der Waals surface area contributed by atoms with Crippen LogP contribution in [0.2, 0.25) is 10.0 Å². The second kappa shape index (κ2) is 8.35. The summed E-state index contributed by atoms with van der Waals surface area (Å²) < 4.78 is 0. The van der Waals surface area contributed by atoms with E-state index in [2.05, 4.69) is 38.0 Å². The van der Waals surface area contributed by atoms with Crippen molar-refractivity contribution in [3.05, 3.63) is 33.8 Å². The summed E-state index contributed by atoms with van der Waals surface area (Å²) in [6.07, 6.45) is 1.70. The first-order valence-corrected chi connectivity index (χ1v) is 8.34. The topological polar surface area (TPSA) is 41.3 Å². The summed E-state index contributed by atoms with van der Waals surface area (Å²) in [6.45, 7) is 10.7. The van der Waals surface area contributed by atoms with Crippen LogP contribution in [0.15, 0.2) is 18.2 Å². The average Bonchev–Trinajstić information content (AvgIpc) is 2.48. The monoisotopic (exact) mass is 331 g/mol. The minimum Gasteiger partial charge on any atom is -0.297 e. The number of likely N-dealkylation sites (N-methyl/N-ethyl adjacent to an activating group) is 1. The number of hydrazine groups is 1. The molecule has 0 radical (unpaired) electrons. The number of hydrogen-bond donors (Lipinski definition) is 2. The van der Waals surface area contributed by atoms with Crippen molar-refractivity contribution in [1.29, 1.82) is 0 Å². The SMILES string of the molecule is CCN(CC)C(C)(CC)C(Cc1c(Cl)cccc1Cl)NN. The molecular weight excluding hydrogens is 305 g/mol. The van der Waals surface area contributed by atoms with Crippen molar-refractivity contribution in [3.63, 3.8) is 0 Å². The van der Waals surface area contributed by atoms with Gasteiger partial charge in [0.05, 0.1) is 0 Å². The van der Waals surface area contributed by atoms with Crippen LogP contribution < -0.4 is 11.3 Å². The fourth-order valence-electron chi connectivity index (χ4n) is 3.03. The third kappa shape index (κ3) is 4.11. The Morgan fingerprint density at radius 1 is 1.19 bits per heavy atom. The Labute approximate surface area is 138 Å². The fourth-order valence-corrected chi connectivity index (χ4v) is 3.58. The lowest BCUT2D eigenvalue weighted by Gasteiger charge is -2.45. The van der Waals surface area contributed by atoms with Crippen LogP contribution in [0, 0.1) is 0 Å². The largest absolute Gasteiger partial charge is 0.297 e. The third-order valence-electron chi connectivity index (χ3n) is 4.62. The number of hydrogen-bond acceptors (Lipinski definition) is 3. The summed E-state index contributed by atoms with van der Waals surface area (Å²) in [6, 6.07) is 5.68. The summed E-state index contributed by atoms with van der Waals surface area (Å²) in [5.74, 6) is 5.87. The maximum Gasteiger partial charge on any atom is 0.0453 e. The molecule has 0 saturated heterocycles. The third-order valence-corrected chi connectivity index (χ3v) is 5.33. The van der Waals surface area contributed by atoms with E-state index in [1.165, 1.54) is 0 Å². The first-order valence-electron chi connectivity index (χ1n) is 7.58. The van der Waals surface area contributed by atoms with E-state index in [0.29, 0.717) is 16.5 Å². The zero-order valence-corrected chi connectivity index (χ0v) is 14.9. The van der Waals surface area contributed by atoms with Crippen LogP contribution in [0.1, 0.15) is 39.7 Å². The van der Waals surface area contributed by atoms with Gasteiger partial charge in [0.1, 0.15) is 0 Å². The molecule has 5 heteroatoms. The molecule has 3 nitrogen and oxygen atoms in total. The maximum atomic E-state index is 6.30. The molecule has 1 rings (SSSR count). The minimum absolute atomic E-state index is 0.0548. The zero-order chi connectivity index (χ0) is 16.0. The summed E-state index contributed by atoms with van der Waals surface area (Å²) >= 11 is 12.6. The lowest BCUT2D eigenvalue weighted by Crippen LogP contribution is -2.61. The van der Waals surface area contributed by atoms with Crippen LogP contribution in [0.25, 0.3) is 0 Å². The van der Waals surface area contributed by atoms with E-state index >= 15 is 0 Å². The highest BCUT2D eigenvalue weighted by atomic mass is 35.5. The van der Waals surface area contributed by atoms with Crippen molar-refractivity contribution in [2.45, 2.75) is 52.1 Å². The Bertz CT molecular complexity index is 429. The van der Waals surface area contributed by atoms with Gasteiger partial charge in [-0.1, -0.05) is 50.0 Å². The molecule has 0 saturated carbocycles. The van der Waals surface area contributed by atoms with Gasteiger partial charge in [0.2, 0.25) is 0 Å². The first kappa shape index (κ1) is 18.7. The Morgan fingerprint density at radius 3 is 2.10 bits per heavy atom. The number of nitrogens with one attached hydrogen (secondary N) is 1. The maximum absolute atomic E-state index is 6.30. The van der Waals surface area contributed by atoms with Gasteiger partial charge >= 0.3 is 0 Å². The quantitative estimate of drug-likeness (QED) is 0.561. The molecule has 0 fully saturated rings. The first-order chi connectivity index (χ1) is 9.94. The molecule has 0 spiro atoms. The normalized spacial score (nSPS) is 16.0. The van der Waals surface area contributed by atoms with Crippen LogP contribution in [-0.2, 0) is 6.42 Å². The van der Waals surface area contributed by atoms with Crippen molar-refractivity contribution < 1.29 is 0 Å². The van der Waals surface area contributed by atoms with Gasteiger partial charge in [0, 0.05) is 21.6 Å². The number of rotatable bonds is 8. The van der Waals surface area contributed by atoms with Gasteiger partial charge < -0.3 is 0 Å². The van der Waals surface area contributed by atoms with Gasteiger partial charge in [-0.25, -0.2) is 0 Å². The highest BCUT2D eigenvalue weighted by Crippen LogP contribution is 2.31. The van der Waals surface area contributed by atoms with Crippen molar-refractivity contribution in [2.24, 2.45) is 5.84 Å². The molecule has 0 aromatic heterocycles. The van der Waals surface area contributed by atoms with E-state index in [-0.39, 0.29) is 11.6 Å². The number of benzene rings is 1. The molecule has 0 bridgehead atoms. The number of nitrogens with two attached hydrogens (primary N) is 1. The van der Waals surface area contributed by atoms with Crippen molar-refractivity contribution in [2.75, 3.05) is 13.1 Å². The molecule has 120 valence electrons. The van der Waals surface area contributed by atoms with Gasteiger partial charge in [-0.2, -0.15) is 0 Å². The molecule has 0 aliphatic carbocycles. The molecule has 1 aromatic carbocycles. The van der Waals surface area contributed by atoms with Crippen LogP contribution in [0.4, 0.5) is 0 Å². The molecule has 0 aliphatic heterocycles. The molecule has 1 aromatic rings. The molecule has 0 amide bonds. The highest BCUT2D eigenvalue weighted by Gasteiger charge is 2.37. The van der Waals surface area contributed by atoms with E-state index < -0.39 is 0 Å². The smallest absolute Gasteiger partial charge is 0.0453 e. The second-order valence-corrected chi connectivity index (χ2v) is 6.32. The van der Waals surface area contributed by atoms with E-state index in [9.17, 15) is 0 Å². The Kier molecular flexibility index (Phi) is 7.45. The molecule has 2 unspecified atom stereocenters. The van der Waals surface area contributed by atoms with Crippen LogP contribution in [0.3, 0.4) is 0 Å². The van der Waals surface area contributed by atoms with Crippen molar-refractivity contribution in [1.82, 2.24) is 10.3 Å². The number of nitrogens with zero attached hydrogens (tertiary/aromatic N) is 1.